The molecule has 3 nitrogen and oxygen atoms in total. The normalized spacial score (nSPS) is 44.6. The van der Waals surface area contributed by atoms with Crippen molar-refractivity contribution in [3.63, 3.8) is 0 Å². The van der Waals surface area contributed by atoms with Crippen molar-refractivity contribution in [2.24, 2.45) is 35.3 Å². The van der Waals surface area contributed by atoms with Gasteiger partial charge in [0.25, 0.3) is 0 Å². The molecule has 96 valence electrons. The van der Waals surface area contributed by atoms with E-state index < -0.39 is 0 Å². The minimum atomic E-state index is 0.399. The maximum Gasteiger partial charge on any atom is 0.226 e. The summed E-state index contributed by atoms with van der Waals surface area (Å²) in [6.07, 6.45) is 5.08. The third-order valence-electron chi connectivity index (χ3n) is 5.42. The van der Waals surface area contributed by atoms with Gasteiger partial charge in [0.15, 0.2) is 0 Å². The fraction of sp³-hybridized carbons (Fsp3) is 0.929. The number of nitrogens with zero attached hydrogens (tertiary/aromatic N) is 1. The Hall–Kier alpha value is -0.570. The third-order valence-corrected chi connectivity index (χ3v) is 5.42. The van der Waals surface area contributed by atoms with Crippen molar-refractivity contribution in [1.82, 2.24) is 4.90 Å². The Balaban J connectivity index is 1.59. The van der Waals surface area contributed by atoms with Crippen LogP contribution in [0.4, 0.5) is 0 Å². The Labute approximate surface area is 104 Å². The highest BCUT2D eigenvalue weighted by Crippen LogP contribution is 2.58. The van der Waals surface area contributed by atoms with E-state index in [9.17, 15) is 4.79 Å². The Morgan fingerprint density at radius 2 is 2.00 bits per heavy atom. The molecule has 3 aliphatic rings. The molecular formula is C14H24N2O. The molecule has 0 aromatic rings. The van der Waals surface area contributed by atoms with Gasteiger partial charge in [-0.1, -0.05) is 13.3 Å². The van der Waals surface area contributed by atoms with Gasteiger partial charge in [0.05, 0.1) is 0 Å². The summed E-state index contributed by atoms with van der Waals surface area (Å²) < 4.78 is 0. The largest absolute Gasteiger partial charge is 0.342 e. The lowest BCUT2D eigenvalue weighted by Gasteiger charge is -2.37. The van der Waals surface area contributed by atoms with Crippen LogP contribution in [0.2, 0.25) is 0 Å². The molecule has 0 radical (unpaired) electrons. The van der Waals surface area contributed by atoms with Gasteiger partial charge < -0.3 is 10.6 Å². The predicted molar refractivity (Wildman–Crippen MR) is 67.2 cm³/mol. The number of nitrogens with two attached hydrogens (primary N) is 1. The first-order chi connectivity index (χ1) is 8.22. The Kier molecular flexibility index (Phi) is 2.89. The van der Waals surface area contributed by atoms with Crippen LogP contribution >= 0.6 is 0 Å². The zero-order valence-corrected chi connectivity index (χ0v) is 10.8. The smallest absolute Gasteiger partial charge is 0.226 e. The molecule has 0 spiro atoms. The first kappa shape index (κ1) is 11.5. The average molecular weight is 236 g/mol. The van der Waals surface area contributed by atoms with Crippen molar-refractivity contribution in [1.29, 1.82) is 0 Å². The highest BCUT2D eigenvalue weighted by Gasteiger charge is 2.57. The molecule has 0 aromatic carbocycles. The van der Waals surface area contributed by atoms with Gasteiger partial charge in [0.1, 0.15) is 0 Å². The lowest BCUT2D eigenvalue weighted by molar-refractivity contribution is -0.135. The molecule has 4 atom stereocenters. The highest BCUT2D eigenvalue weighted by atomic mass is 16.2. The van der Waals surface area contributed by atoms with Crippen LogP contribution in [0.5, 0.6) is 0 Å². The van der Waals surface area contributed by atoms with Gasteiger partial charge in [-0.05, 0) is 49.5 Å². The van der Waals surface area contributed by atoms with E-state index >= 15 is 0 Å². The van der Waals surface area contributed by atoms with Crippen molar-refractivity contribution in [2.75, 3.05) is 19.6 Å². The van der Waals surface area contributed by atoms with Gasteiger partial charge in [-0.15, -0.1) is 0 Å². The molecule has 2 N–H and O–H groups in total. The van der Waals surface area contributed by atoms with Crippen molar-refractivity contribution in [2.45, 2.75) is 32.6 Å². The van der Waals surface area contributed by atoms with E-state index in [1.165, 1.54) is 19.3 Å². The van der Waals surface area contributed by atoms with Crippen molar-refractivity contribution in [3.05, 3.63) is 0 Å². The van der Waals surface area contributed by atoms with E-state index in [0.29, 0.717) is 23.7 Å². The number of hydrogen-bond donors (Lipinski definition) is 1. The van der Waals surface area contributed by atoms with Crippen molar-refractivity contribution < 1.29 is 4.79 Å². The number of likely N-dealkylation sites (tertiary alicyclic amines) is 1. The van der Waals surface area contributed by atoms with Crippen LogP contribution in [-0.2, 0) is 4.79 Å². The first-order valence-corrected chi connectivity index (χ1v) is 7.21. The van der Waals surface area contributed by atoms with E-state index in [2.05, 4.69) is 11.8 Å². The number of hydrogen-bond acceptors (Lipinski definition) is 2. The van der Waals surface area contributed by atoms with Gasteiger partial charge in [-0.3, -0.25) is 4.79 Å². The standard InChI is InChI=1S/C14H24N2O/c1-9-5-6-16(8-10(9)7-15)14(17)13-11-3-2-4-12(11)13/h9-13H,2-8,15H2,1H3. The first-order valence-electron chi connectivity index (χ1n) is 7.21. The van der Waals surface area contributed by atoms with Crippen LogP contribution in [0.15, 0.2) is 0 Å². The number of amides is 1. The van der Waals surface area contributed by atoms with Crippen LogP contribution < -0.4 is 5.73 Å². The second-order valence-electron chi connectivity index (χ2n) is 6.33. The van der Waals surface area contributed by atoms with Crippen LogP contribution in [0, 0.1) is 29.6 Å². The quantitative estimate of drug-likeness (QED) is 0.789. The Bertz CT molecular complexity index is 307. The van der Waals surface area contributed by atoms with Gasteiger partial charge in [0, 0.05) is 19.0 Å². The molecule has 3 heteroatoms. The fourth-order valence-electron chi connectivity index (χ4n) is 4.06. The third kappa shape index (κ3) is 1.88. The monoisotopic (exact) mass is 236 g/mol. The van der Waals surface area contributed by atoms with E-state index in [1.54, 1.807) is 0 Å². The summed E-state index contributed by atoms with van der Waals surface area (Å²) >= 11 is 0. The second kappa shape index (κ2) is 4.27. The molecule has 0 bridgehead atoms. The molecule has 17 heavy (non-hydrogen) atoms. The Morgan fingerprint density at radius 1 is 1.29 bits per heavy atom. The lowest BCUT2D eigenvalue weighted by Crippen LogP contribution is -2.46. The number of fused-ring (bicyclic) bond motifs is 1. The number of rotatable bonds is 2. The fourth-order valence-corrected chi connectivity index (χ4v) is 4.06. The molecule has 1 aliphatic heterocycles. The molecule has 1 saturated heterocycles. The summed E-state index contributed by atoms with van der Waals surface area (Å²) in [6.45, 7) is 4.87. The summed E-state index contributed by atoms with van der Waals surface area (Å²) in [5.74, 6) is 3.55. The average Bonchev–Trinajstić information content (AvgIpc) is 2.82. The summed E-state index contributed by atoms with van der Waals surface area (Å²) in [5.41, 5.74) is 5.80. The molecule has 0 aromatic heterocycles. The minimum Gasteiger partial charge on any atom is -0.342 e. The van der Waals surface area contributed by atoms with Crippen LogP contribution in [-0.4, -0.2) is 30.4 Å². The van der Waals surface area contributed by atoms with E-state index in [0.717, 1.165) is 37.9 Å². The molecule has 2 saturated carbocycles. The zero-order valence-electron chi connectivity index (χ0n) is 10.8. The summed E-state index contributed by atoms with van der Waals surface area (Å²) in [4.78, 5) is 14.5. The molecule has 1 amide bonds. The molecule has 2 aliphatic carbocycles. The SMILES string of the molecule is CC1CCN(C(=O)C2C3CCCC32)CC1CN. The van der Waals surface area contributed by atoms with Gasteiger partial charge in [-0.2, -0.15) is 0 Å². The lowest BCUT2D eigenvalue weighted by atomic mass is 9.87. The molecule has 1 heterocycles. The van der Waals surface area contributed by atoms with Crippen molar-refractivity contribution in [3.8, 4) is 0 Å². The highest BCUT2D eigenvalue weighted by molar-refractivity contribution is 5.82. The Morgan fingerprint density at radius 3 is 2.65 bits per heavy atom. The summed E-state index contributed by atoms with van der Waals surface area (Å²) in [7, 11) is 0. The number of piperidine rings is 1. The predicted octanol–water partition coefficient (Wildman–Crippen LogP) is 1.48. The molecule has 3 fully saturated rings. The summed E-state index contributed by atoms with van der Waals surface area (Å²) in [6, 6.07) is 0. The van der Waals surface area contributed by atoms with Crippen molar-refractivity contribution >= 4 is 5.91 Å². The van der Waals surface area contributed by atoms with Gasteiger partial charge in [0.2, 0.25) is 5.91 Å². The maximum absolute atomic E-state index is 12.4. The molecular weight excluding hydrogens is 212 g/mol. The number of carbonyl (C=O) groups excluding carboxylic acids is 1. The topological polar surface area (TPSA) is 46.3 Å². The van der Waals surface area contributed by atoms with E-state index in [1.807, 2.05) is 0 Å². The van der Waals surface area contributed by atoms with Gasteiger partial charge >= 0.3 is 0 Å². The van der Waals surface area contributed by atoms with Crippen LogP contribution in [0.3, 0.4) is 0 Å². The second-order valence-corrected chi connectivity index (χ2v) is 6.33. The maximum atomic E-state index is 12.4. The van der Waals surface area contributed by atoms with E-state index in [-0.39, 0.29) is 0 Å². The van der Waals surface area contributed by atoms with E-state index in [4.69, 9.17) is 5.73 Å². The minimum absolute atomic E-state index is 0.399. The van der Waals surface area contributed by atoms with Crippen LogP contribution in [0.25, 0.3) is 0 Å². The van der Waals surface area contributed by atoms with Crippen LogP contribution in [0.1, 0.15) is 32.6 Å². The molecule has 3 rings (SSSR count). The van der Waals surface area contributed by atoms with Gasteiger partial charge in [-0.25, -0.2) is 0 Å². The zero-order chi connectivity index (χ0) is 12.0. The molecule has 4 unspecified atom stereocenters. The number of carbonyl (C=O) groups is 1. The summed E-state index contributed by atoms with van der Waals surface area (Å²) in [5, 5.41) is 0.